The fourth-order valence-electron chi connectivity index (χ4n) is 2.64. The van der Waals surface area contributed by atoms with E-state index in [-0.39, 0.29) is 11.5 Å². The lowest BCUT2D eigenvalue weighted by Crippen LogP contribution is -2.33. The average Bonchev–Trinajstić information content (AvgIpc) is 2.64. The topological polar surface area (TPSA) is 64.0 Å². The molecule has 132 valence electrons. The number of benzene rings is 2. The van der Waals surface area contributed by atoms with Crippen molar-refractivity contribution in [2.24, 2.45) is 0 Å². The summed E-state index contributed by atoms with van der Waals surface area (Å²) in [6.07, 6.45) is 0. The first kappa shape index (κ1) is 17.6. The van der Waals surface area contributed by atoms with Crippen LogP contribution in [-0.4, -0.2) is 15.7 Å². The van der Waals surface area contributed by atoms with Gasteiger partial charge in [0.15, 0.2) is 0 Å². The van der Waals surface area contributed by atoms with E-state index in [9.17, 15) is 9.59 Å². The molecule has 3 rings (SSSR count). The SMILES string of the molecule is Cc1ccc(-c2ccc(=O)n(C(C)C(=O)Nc3ccccc3)n2)cc1C. The van der Waals surface area contributed by atoms with Crippen molar-refractivity contribution in [2.75, 3.05) is 5.32 Å². The zero-order chi connectivity index (χ0) is 18.7. The Balaban J connectivity index is 1.90. The van der Waals surface area contributed by atoms with Crippen molar-refractivity contribution < 1.29 is 4.79 Å². The fourth-order valence-corrected chi connectivity index (χ4v) is 2.64. The van der Waals surface area contributed by atoms with Crippen LogP contribution in [-0.2, 0) is 4.79 Å². The number of nitrogens with one attached hydrogen (secondary N) is 1. The highest BCUT2D eigenvalue weighted by atomic mass is 16.2. The van der Waals surface area contributed by atoms with Crippen LogP contribution in [0.4, 0.5) is 5.69 Å². The van der Waals surface area contributed by atoms with E-state index in [1.54, 1.807) is 25.1 Å². The van der Waals surface area contributed by atoms with E-state index in [1.807, 2.05) is 50.2 Å². The molecule has 0 bridgehead atoms. The first-order valence-corrected chi connectivity index (χ1v) is 8.49. The number of carbonyl (C=O) groups excluding carboxylic acids is 1. The summed E-state index contributed by atoms with van der Waals surface area (Å²) < 4.78 is 1.22. The van der Waals surface area contributed by atoms with Gasteiger partial charge in [-0.25, -0.2) is 4.68 Å². The molecule has 0 aliphatic rings. The molecule has 0 aliphatic carbocycles. The second-order valence-corrected chi connectivity index (χ2v) is 6.33. The Bertz CT molecular complexity index is 994. The van der Waals surface area contributed by atoms with Crippen LogP contribution >= 0.6 is 0 Å². The summed E-state index contributed by atoms with van der Waals surface area (Å²) >= 11 is 0. The Morgan fingerprint density at radius 2 is 1.73 bits per heavy atom. The number of para-hydroxylation sites is 1. The molecular formula is C21H21N3O2. The molecule has 1 aromatic heterocycles. The van der Waals surface area contributed by atoms with E-state index in [1.165, 1.54) is 16.3 Å². The van der Waals surface area contributed by atoms with Crippen LogP contribution in [0, 0.1) is 13.8 Å². The van der Waals surface area contributed by atoms with Gasteiger partial charge in [0.25, 0.3) is 5.56 Å². The van der Waals surface area contributed by atoms with E-state index in [2.05, 4.69) is 10.4 Å². The van der Waals surface area contributed by atoms with Crippen LogP contribution in [0.15, 0.2) is 65.5 Å². The molecule has 2 aromatic carbocycles. The number of anilines is 1. The quantitative estimate of drug-likeness (QED) is 0.782. The monoisotopic (exact) mass is 347 g/mol. The third-order valence-corrected chi connectivity index (χ3v) is 4.42. The van der Waals surface area contributed by atoms with Crippen molar-refractivity contribution in [1.82, 2.24) is 9.78 Å². The van der Waals surface area contributed by atoms with Crippen molar-refractivity contribution >= 4 is 11.6 Å². The second-order valence-electron chi connectivity index (χ2n) is 6.33. The van der Waals surface area contributed by atoms with Gasteiger partial charge in [-0.1, -0.05) is 30.3 Å². The zero-order valence-electron chi connectivity index (χ0n) is 15.1. The second kappa shape index (κ2) is 7.35. The Morgan fingerprint density at radius 1 is 1.00 bits per heavy atom. The molecule has 1 amide bonds. The smallest absolute Gasteiger partial charge is 0.267 e. The van der Waals surface area contributed by atoms with E-state index >= 15 is 0 Å². The standard InChI is InChI=1S/C21H21N3O2/c1-14-9-10-17(13-15(14)2)19-11-12-20(25)24(23-19)16(3)21(26)22-18-7-5-4-6-8-18/h4-13,16H,1-3H3,(H,22,26). The third-order valence-electron chi connectivity index (χ3n) is 4.42. The lowest BCUT2D eigenvalue weighted by Gasteiger charge is -2.15. The molecule has 26 heavy (non-hydrogen) atoms. The Hall–Kier alpha value is -3.21. The molecule has 3 aromatic rings. The van der Waals surface area contributed by atoms with E-state index in [0.29, 0.717) is 11.4 Å². The lowest BCUT2D eigenvalue weighted by molar-refractivity contribution is -0.119. The summed E-state index contributed by atoms with van der Waals surface area (Å²) in [5, 5.41) is 7.22. The van der Waals surface area contributed by atoms with Crippen molar-refractivity contribution in [2.45, 2.75) is 26.8 Å². The fraction of sp³-hybridized carbons (Fsp3) is 0.190. The molecule has 5 nitrogen and oxygen atoms in total. The molecule has 5 heteroatoms. The number of amides is 1. The van der Waals surface area contributed by atoms with Crippen LogP contribution in [0.2, 0.25) is 0 Å². The van der Waals surface area contributed by atoms with E-state index in [0.717, 1.165) is 11.1 Å². The number of hydrogen-bond acceptors (Lipinski definition) is 3. The summed E-state index contributed by atoms with van der Waals surface area (Å²) in [5.74, 6) is -0.289. The van der Waals surface area contributed by atoms with Crippen molar-refractivity contribution in [3.63, 3.8) is 0 Å². The molecule has 1 atom stereocenters. The Labute approximate surface area is 152 Å². The maximum Gasteiger partial charge on any atom is 0.267 e. The van der Waals surface area contributed by atoms with Gasteiger partial charge in [-0.05, 0) is 56.2 Å². The summed E-state index contributed by atoms with van der Waals surface area (Å²) in [4.78, 5) is 24.7. The highest BCUT2D eigenvalue weighted by Crippen LogP contribution is 2.20. The summed E-state index contributed by atoms with van der Waals surface area (Å²) in [5.41, 5.74) is 4.29. The van der Waals surface area contributed by atoms with Crippen LogP contribution in [0.1, 0.15) is 24.1 Å². The molecular weight excluding hydrogens is 326 g/mol. The molecule has 0 saturated heterocycles. The van der Waals surface area contributed by atoms with Crippen molar-refractivity contribution in [1.29, 1.82) is 0 Å². The molecule has 0 spiro atoms. The van der Waals surface area contributed by atoms with Crippen LogP contribution < -0.4 is 10.9 Å². The largest absolute Gasteiger partial charge is 0.324 e. The summed E-state index contributed by atoms with van der Waals surface area (Å²) in [6.45, 7) is 5.74. The highest BCUT2D eigenvalue weighted by molar-refractivity contribution is 5.93. The number of nitrogens with zero attached hydrogens (tertiary/aromatic N) is 2. The molecule has 0 aliphatic heterocycles. The minimum Gasteiger partial charge on any atom is -0.324 e. The maximum atomic E-state index is 12.5. The molecule has 0 radical (unpaired) electrons. The van der Waals surface area contributed by atoms with Crippen LogP contribution in [0.25, 0.3) is 11.3 Å². The number of hydrogen-bond donors (Lipinski definition) is 1. The molecule has 1 heterocycles. The molecule has 0 saturated carbocycles. The molecule has 1 N–H and O–H groups in total. The van der Waals surface area contributed by atoms with Gasteiger partial charge in [-0.3, -0.25) is 9.59 Å². The highest BCUT2D eigenvalue weighted by Gasteiger charge is 2.18. The molecule has 1 unspecified atom stereocenters. The number of carbonyl (C=O) groups is 1. The van der Waals surface area contributed by atoms with E-state index < -0.39 is 6.04 Å². The van der Waals surface area contributed by atoms with Gasteiger partial charge in [0.1, 0.15) is 6.04 Å². The van der Waals surface area contributed by atoms with Gasteiger partial charge in [-0.2, -0.15) is 5.10 Å². The summed E-state index contributed by atoms with van der Waals surface area (Å²) in [6, 6.07) is 17.6. The number of aromatic nitrogens is 2. The van der Waals surface area contributed by atoms with Gasteiger partial charge in [0.2, 0.25) is 5.91 Å². The predicted molar refractivity (Wildman–Crippen MR) is 103 cm³/mol. The van der Waals surface area contributed by atoms with Crippen LogP contribution in [0.3, 0.4) is 0 Å². The normalized spacial score (nSPS) is 11.8. The van der Waals surface area contributed by atoms with Crippen LogP contribution in [0.5, 0.6) is 0 Å². The number of rotatable bonds is 4. The number of aryl methyl sites for hydroxylation is 2. The lowest BCUT2D eigenvalue weighted by atomic mass is 10.0. The Morgan fingerprint density at radius 3 is 2.42 bits per heavy atom. The van der Waals surface area contributed by atoms with Gasteiger partial charge in [-0.15, -0.1) is 0 Å². The third kappa shape index (κ3) is 3.72. The van der Waals surface area contributed by atoms with E-state index in [4.69, 9.17) is 0 Å². The van der Waals surface area contributed by atoms with Gasteiger partial charge < -0.3 is 5.32 Å². The van der Waals surface area contributed by atoms with Crippen molar-refractivity contribution in [3.8, 4) is 11.3 Å². The van der Waals surface area contributed by atoms with Gasteiger partial charge >= 0.3 is 0 Å². The first-order chi connectivity index (χ1) is 12.5. The molecule has 0 fully saturated rings. The Kier molecular flexibility index (Phi) is 4.98. The minimum atomic E-state index is -0.728. The van der Waals surface area contributed by atoms with Crippen molar-refractivity contribution in [3.05, 3.63) is 82.1 Å². The predicted octanol–water partition coefficient (Wildman–Crippen LogP) is 3.73. The average molecular weight is 347 g/mol. The minimum absolute atomic E-state index is 0.289. The summed E-state index contributed by atoms with van der Waals surface area (Å²) in [7, 11) is 0. The van der Waals surface area contributed by atoms with Gasteiger partial charge in [0, 0.05) is 17.3 Å². The first-order valence-electron chi connectivity index (χ1n) is 8.49. The van der Waals surface area contributed by atoms with Gasteiger partial charge in [0.05, 0.1) is 5.69 Å². The maximum absolute atomic E-state index is 12.5. The zero-order valence-corrected chi connectivity index (χ0v) is 15.1.